The lowest BCUT2D eigenvalue weighted by molar-refractivity contribution is -0.167. The molecule has 0 aromatic heterocycles. The number of benzene rings is 1. The highest BCUT2D eigenvalue weighted by molar-refractivity contribution is 5.84. The minimum atomic E-state index is -1.84. The maximum atomic E-state index is 12.2. The van der Waals surface area contributed by atoms with Gasteiger partial charge in [-0.1, -0.05) is 24.3 Å². The smallest absolute Gasteiger partial charge is 0.408 e. The second-order valence-corrected chi connectivity index (χ2v) is 6.60. The Kier molecular flexibility index (Phi) is 4.66. The Hall–Kier alpha value is -2.08. The van der Waals surface area contributed by atoms with Gasteiger partial charge in [0.25, 0.3) is 0 Å². The summed E-state index contributed by atoms with van der Waals surface area (Å²) in [5, 5.41) is 13.5. The van der Waals surface area contributed by atoms with E-state index in [2.05, 4.69) is 5.32 Å². The van der Waals surface area contributed by atoms with Crippen LogP contribution in [-0.4, -0.2) is 35.0 Å². The van der Waals surface area contributed by atoms with Crippen LogP contribution in [0.15, 0.2) is 24.3 Å². The van der Waals surface area contributed by atoms with Gasteiger partial charge in [0.05, 0.1) is 12.6 Å². The molecule has 126 valence electrons. The van der Waals surface area contributed by atoms with Gasteiger partial charge in [-0.15, -0.1) is 0 Å². The number of hydrogen-bond acceptors (Lipinski definition) is 5. The van der Waals surface area contributed by atoms with Crippen LogP contribution in [-0.2, 0) is 20.7 Å². The highest BCUT2D eigenvalue weighted by Crippen LogP contribution is 2.40. The molecule has 0 spiro atoms. The lowest BCUT2D eigenvalue weighted by atomic mass is 9.95. The van der Waals surface area contributed by atoms with Crippen molar-refractivity contribution in [3.05, 3.63) is 35.4 Å². The summed E-state index contributed by atoms with van der Waals surface area (Å²) < 4.78 is 10.2. The monoisotopic (exact) mass is 321 g/mol. The molecule has 6 nitrogen and oxygen atoms in total. The van der Waals surface area contributed by atoms with E-state index in [9.17, 15) is 14.7 Å². The number of alkyl carbamates (subject to hydrolysis) is 1. The summed E-state index contributed by atoms with van der Waals surface area (Å²) >= 11 is 0. The summed E-state index contributed by atoms with van der Waals surface area (Å²) in [6, 6.07) is 6.29. The first-order valence-corrected chi connectivity index (χ1v) is 7.64. The molecule has 0 unspecified atom stereocenters. The van der Waals surface area contributed by atoms with E-state index in [1.54, 1.807) is 39.8 Å². The number of nitrogens with one attached hydrogen (secondary N) is 1. The molecular formula is C17H23NO5. The predicted molar refractivity (Wildman–Crippen MR) is 83.8 cm³/mol. The van der Waals surface area contributed by atoms with Crippen LogP contribution in [0.4, 0.5) is 4.79 Å². The van der Waals surface area contributed by atoms with Crippen molar-refractivity contribution in [2.75, 3.05) is 6.61 Å². The number of fused-ring (bicyclic) bond motifs is 1. The van der Waals surface area contributed by atoms with Crippen LogP contribution in [0.25, 0.3) is 0 Å². The maximum Gasteiger partial charge on any atom is 0.408 e. The molecule has 1 aromatic rings. The van der Waals surface area contributed by atoms with E-state index in [0.29, 0.717) is 5.56 Å². The summed E-state index contributed by atoms with van der Waals surface area (Å²) in [4.78, 5) is 24.3. The van der Waals surface area contributed by atoms with E-state index < -0.39 is 29.3 Å². The topological polar surface area (TPSA) is 84.9 Å². The highest BCUT2D eigenvalue weighted by Gasteiger charge is 2.52. The molecule has 1 aliphatic carbocycles. The van der Waals surface area contributed by atoms with Crippen LogP contribution in [0.5, 0.6) is 0 Å². The number of carbonyl (C=O) groups is 2. The van der Waals surface area contributed by atoms with Gasteiger partial charge >= 0.3 is 12.1 Å². The molecule has 0 fully saturated rings. The third-order valence-electron chi connectivity index (χ3n) is 3.59. The Morgan fingerprint density at radius 2 is 2.00 bits per heavy atom. The van der Waals surface area contributed by atoms with Crippen LogP contribution in [0, 0.1) is 0 Å². The third kappa shape index (κ3) is 3.64. The SMILES string of the molecule is CCOC(=O)[C@@]1(O)Cc2ccccc2[C@@H]1NC(=O)OC(C)(C)C. The number of esters is 1. The van der Waals surface area contributed by atoms with E-state index in [1.807, 2.05) is 12.1 Å². The van der Waals surface area contributed by atoms with Gasteiger partial charge < -0.3 is 19.9 Å². The molecule has 1 aliphatic rings. The molecule has 0 aliphatic heterocycles. The fraction of sp³-hybridized carbons (Fsp3) is 0.529. The van der Waals surface area contributed by atoms with Crippen molar-refractivity contribution in [3.8, 4) is 0 Å². The van der Waals surface area contributed by atoms with Gasteiger partial charge in [0.1, 0.15) is 5.60 Å². The van der Waals surface area contributed by atoms with Gasteiger partial charge in [0, 0.05) is 6.42 Å². The lowest BCUT2D eigenvalue weighted by Crippen LogP contribution is -2.51. The molecule has 2 atom stereocenters. The van der Waals surface area contributed by atoms with Gasteiger partial charge in [-0.25, -0.2) is 9.59 Å². The largest absolute Gasteiger partial charge is 0.464 e. The second-order valence-electron chi connectivity index (χ2n) is 6.60. The van der Waals surface area contributed by atoms with Crippen molar-refractivity contribution < 1.29 is 24.2 Å². The summed E-state index contributed by atoms with van der Waals surface area (Å²) in [5.41, 5.74) is -1.03. The highest BCUT2D eigenvalue weighted by atomic mass is 16.6. The minimum absolute atomic E-state index is 0.0858. The zero-order valence-corrected chi connectivity index (χ0v) is 13.9. The molecule has 6 heteroatoms. The number of rotatable bonds is 3. The Morgan fingerprint density at radius 3 is 2.61 bits per heavy atom. The summed E-state index contributed by atoms with van der Waals surface area (Å²) in [5.74, 6) is -0.753. The second kappa shape index (κ2) is 6.20. The Bertz CT molecular complexity index is 607. The summed E-state index contributed by atoms with van der Waals surface area (Å²) in [6.45, 7) is 7.04. The molecule has 0 saturated carbocycles. The lowest BCUT2D eigenvalue weighted by Gasteiger charge is -2.30. The average molecular weight is 321 g/mol. The van der Waals surface area contributed by atoms with E-state index >= 15 is 0 Å². The van der Waals surface area contributed by atoms with Gasteiger partial charge in [0.15, 0.2) is 5.60 Å². The van der Waals surface area contributed by atoms with Crippen LogP contribution in [0.2, 0.25) is 0 Å². The maximum absolute atomic E-state index is 12.2. The molecule has 0 heterocycles. The Morgan fingerprint density at radius 1 is 1.35 bits per heavy atom. The standard InChI is InChI=1S/C17H23NO5/c1-5-22-14(19)17(21)10-11-8-6-7-9-12(11)13(17)18-15(20)23-16(2,3)4/h6-9,13,21H,5,10H2,1-4H3,(H,18,20)/t13-,17+/m0/s1. The number of carbonyl (C=O) groups excluding carboxylic acids is 2. The van der Waals surface area contributed by atoms with Crippen LogP contribution in [0.1, 0.15) is 44.9 Å². The fourth-order valence-corrected chi connectivity index (χ4v) is 2.70. The van der Waals surface area contributed by atoms with Crippen molar-refractivity contribution in [1.29, 1.82) is 0 Å². The van der Waals surface area contributed by atoms with Crippen molar-refractivity contribution in [3.63, 3.8) is 0 Å². The molecule has 1 aromatic carbocycles. The number of aliphatic hydroxyl groups is 1. The quantitative estimate of drug-likeness (QED) is 0.833. The summed E-state index contributed by atoms with van der Waals surface area (Å²) in [6.07, 6.45) is -0.607. The van der Waals surface area contributed by atoms with E-state index in [0.717, 1.165) is 5.56 Å². The normalized spacial score (nSPS) is 23.1. The van der Waals surface area contributed by atoms with Gasteiger partial charge in [-0.2, -0.15) is 0 Å². The minimum Gasteiger partial charge on any atom is -0.464 e. The fourth-order valence-electron chi connectivity index (χ4n) is 2.70. The van der Waals surface area contributed by atoms with Crippen LogP contribution < -0.4 is 5.32 Å². The van der Waals surface area contributed by atoms with E-state index in [-0.39, 0.29) is 13.0 Å². The van der Waals surface area contributed by atoms with Gasteiger partial charge in [-0.3, -0.25) is 0 Å². The number of hydrogen-bond donors (Lipinski definition) is 2. The van der Waals surface area contributed by atoms with Gasteiger partial charge in [-0.05, 0) is 38.8 Å². The Labute approximate surface area is 135 Å². The Balaban J connectivity index is 2.30. The van der Waals surface area contributed by atoms with Crippen molar-refractivity contribution in [2.24, 2.45) is 0 Å². The third-order valence-corrected chi connectivity index (χ3v) is 3.59. The van der Waals surface area contributed by atoms with Crippen LogP contribution in [0.3, 0.4) is 0 Å². The molecule has 0 bridgehead atoms. The molecule has 2 N–H and O–H groups in total. The molecular weight excluding hydrogens is 298 g/mol. The molecule has 23 heavy (non-hydrogen) atoms. The zero-order chi connectivity index (χ0) is 17.3. The van der Waals surface area contributed by atoms with Crippen molar-refractivity contribution in [2.45, 2.75) is 51.4 Å². The molecule has 0 saturated heterocycles. The van der Waals surface area contributed by atoms with Crippen LogP contribution >= 0.6 is 0 Å². The first-order chi connectivity index (χ1) is 10.7. The molecule has 2 rings (SSSR count). The summed E-state index contributed by atoms with van der Waals surface area (Å²) in [7, 11) is 0. The van der Waals surface area contributed by atoms with Crippen molar-refractivity contribution >= 4 is 12.1 Å². The molecule has 0 radical (unpaired) electrons. The van der Waals surface area contributed by atoms with E-state index in [1.165, 1.54) is 0 Å². The van der Waals surface area contributed by atoms with E-state index in [4.69, 9.17) is 9.47 Å². The molecule has 1 amide bonds. The first kappa shape index (κ1) is 17.3. The van der Waals surface area contributed by atoms with Gasteiger partial charge in [0.2, 0.25) is 0 Å². The zero-order valence-electron chi connectivity index (χ0n) is 13.9. The first-order valence-electron chi connectivity index (χ1n) is 7.64. The average Bonchev–Trinajstić information content (AvgIpc) is 2.71. The predicted octanol–water partition coefficient (Wildman–Crippen LogP) is 2.10. The van der Waals surface area contributed by atoms with Crippen molar-refractivity contribution in [1.82, 2.24) is 5.32 Å². The number of ether oxygens (including phenoxy) is 2. The number of amides is 1.